The third kappa shape index (κ3) is 6.84. The van der Waals surface area contributed by atoms with Crippen LogP contribution >= 0.6 is 11.3 Å². The fraction of sp³-hybridized carbons (Fsp3) is 0.786. The maximum atomic E-state index is 11.8. The molecule has 1 unspecified atom stereocenters. The Balaban J connectivity index is 2.36. The van der Waals surface area contributed by atoms with Crippen LogP contribution in [0.25, 0.3) is 0 Å². The van der Waals surface area contributed by atoms with E-state index < -0.39 is 0 Å². The summed E-state index contributed by atoms with van der Waals surface area (Å²) in [5, 5.41) is 15.3. The molecule has 5 nitrogen and oxygen atoms in total. The third-order valence-electron chi connectivity index (χ3n) is 2.82. The molecule has 0 saturated carbocycles. The Hall–Kier alpha value is -1.17. The predicted octanol–water partition coefficient (Wildman–Crippen LogP) is 3.68. The molecule has 1 aromatic rings. The van der Waals surface area contributed by atoms with Gasteiger partial charge in [0, 0.05) is 12.5 Å². The summed E-state index contributed by atoms with van der Waals surface area (Å²) in [6.45, 7) is 10.7. The van der Waals surface area contributed by atoms with Crippen molar-refractivity contribution in [2.75, 3.05) is 5.32 Å². The smallest absolute Gasteiger partial charge is 0.321 e. The summed E-state index contributed by atoms with van der Waals surface area (Å²) in [6, 6.07) is -0.0334. The minimum Gasteiger partial charge on any atom is -0.335 e. The molecule has 2 N–H and O–H groups in total. The number of hydrogen-bond donors (Lipinski definition) is 2. The maximum Gasteiger partial charge on any atom is 0.321 e. The van der Waals surface area contributed by atoms with Gasteiger partial charge < -0.3 is 5.32 Å². The Morgan fingerprint density at radius 1 is 1.10 bits per heavy atom. The van der Waals surface area contributed by atoms with Crippen molar-refractivity contribution >= 4 is 22.5 Å². The van der Waals surface area contributed by atoms with Crippen LogP contribution in [0.2, 0.25) is 0 Å². The largest absolute Gasteiger partial charge is 0.335 e. The molecular formula is C14H26N4OS. The Morgan fingerprint density at radius 2 is 1.80 bits per heavy atom. The van der Waals surface area contributed by atoms with Crippen LogP contribution in [0.15, 0.2) is 0 Å². The van der Waals surface area contributed by atoms with E-state index >= 15 is 0 Å². The average Bonchev–Trinajstić information content (AvgIpc) is 2.72. The maximum absolute atomic E-state index is 11.8. The van der Waals surface area contributed by atoms with Crippen LogP contribution in [0.4, 0.5) is 9.93 Å². The second kappa shape index (κ2) is 8.19. The van der Waals surface area contributed by atoms with Gasteiger partial charge in [-0.15, -0.1) is 10.2 Å². The highest BCUT2D eigenvalue weighted by Gasteiger charge is 2.11. The summed E-state index contributed by atoms with van der Waals surface area (Å²) in [5.74, 6) is 1.20. The lowest BCUT2D eigenvalue weighted by Gasteiger charge is -2.14. The highest BCUT2D eigenvalue weighted by atomic mass is 32.1. The molecule has 0 radical (unpaired) electrons. The first-order valence-corrected chi connectivity index (χ1v) is 8.08. The summed E-state index contributed by atoms with van der Waals surface area (Å²) >= 11 is 1.44. The number of hydrogen-bond acceptors (Lipinski definition) is 4. The van der Waals surface area contributed by atoms with Gasteiger partial charge in [-0.3, -0.25) is 5.32 Å². The molecule has 6 heteroatoms. The molecule has 0 bridgehead atoms. The number of amides is 2. The van der Waals surface area contributed by atoms with Crippen LogP contribution in [0.3, 0.4) is 0 Å². The zero-order chi connectivity index (χ0) is 15.1. The topological polar surface area (TPSA) is 66.9 Å². The zero-order valence-electron chi connectivity index (χ0n) is 13.1. The SMILES string of the molecule is CC(C)CCC(C)NC(=O)Nc1nnc(CC(C)C)s1. The van der Waals surface area contributed by atoms with E-state index in [2.05, 4.69) is 48.5 Å². The number of aromatic nitrogens is 2. The summed E-state index contributed by atoms with van der Waals surface area (Å²) < 4.78 is 0. The summed E-state index contributed by atoms with van der Waals surface area (Å²) in [7, 11) is 0. The van der Waals surface area contributed by atoms with Gasteiger partial charge in [0.1, 0.15) is 5.01 Å². The van der Waals surface area contributed by atoms with Crippen LogP contribution < -0.4 is 10.6 Å². The normalized spacial score (nSPS) is 12.8. The molecule has 0 saturated heterocycles. The van der Waals surface area contributed by atoms with E-state index in [1.165, 1.54) is 11.3 Å². The van der Waals surface area contributed by atoms with E-state index in [-0.39, 0.29) is 12.1 Å². The van der Waals surface area contributed by atoms with Gasteiger partial charge in [0.2, 0.25) is 5.13 Å². The molecule has 114 valence electrons. The van der Waals surface area contributed by atoms with Gasteiger partial charge in [-0.05, 0) is 31.6 Å². The Kier molecular flexibility index (Phi) is 6.91. The summed E-state index contributed by atoms with van der Waals surface area (Å²) in [5.41, 5.74) is 0. The van der Waals surface area contributed by atoms with Gasteiger partial charge in [0.05, 0.1) is 0 Å². The number of anilines is 1. The Bertz CT molecular complexity index is 417. The number of nitrogens with one attached hydrogen (secondary N) is 2. The molecule has 2 amide bonds. The molecular weight excluding hydrogens is 272 g/mol. The first-order valence-electron chi connectivity index (χ1n) is 7.26. The van der Waals surface area contributed by atoms with Crippen molar-refractivity contribution in [1.82, 2.24) is 15.5 Å². The summed E-state index contributed by atoms with van der Waals surface area (Å²) in [4.78, 5) is 11.8. The fourth-order valence-corrected chi connectivity index (χ4v) is 2.70. The second-order valence-electron chi connectivity index (χ2n) is 6.07. The van der Waals surface area contributed by atoms with Crippen LogP contribution in [-0.4, -0.2) is 22.3 Å². The summed E-state index contributed by atoms with van der Waals surface area (Å²) in [6.07, 6.45) is 2.99. The van der Waals surface area contributed by atoms with E-state index in [0.717, 1.165) is 24.3 Å². The number of urea groups is 1. The molecule has 1 aromatic heterocycles. The standard InChI is InChI=1S/C14H26N4OS/c1-9(2)6-7-11(5)15-13(19)16-14-18-17-12(20-14)8-10(3)4/h9-11H,6-8H2,1-5H3,(H2,15,16,18,19). The lowest BCUT2D eigenvalue weighted by atomic mass is 10.0. The van der Waals surface area contributed by atoms with Gasteiger partial charge in [-0.2, -0.15) is 0 Å². The van der Waals surface area contributed by atoms with Gasteiger partial charge >= 0.3 is 6.03 Å². The van der Waals surface area contributed by atoms with Crippen molar-refractivity contribution in [2.45, 2.75) is 59.9 Å². The first-order chi connectivity index (χ1) is 9.36. The lowest BCUT2D eigenvalue weighted by Crippen LogP contribution is -2.36. The fourth-order valence-electron chi connectivity index (χ4n) is 1.75. The molecule has 1 rings (SSSR count). The van der Waals surface area contributed by atoms with Crippen molar-refractivity contribution in [3.63, 3.8) is 0 Å². The van der Waals surface area contributed by atoms with Crippen LogP contribution in [0, 0.1) is 11.8 Å². The highest BCUT2D eigenvalue weighted by Crippen LogP contribution is 2.18. The number of carbonyl (C=O) groups excluding carboxylic acids is 1. The minimum atomic E-state index is -0.200. The molecule has 0 aliphatic rings. The van der Waals surface area contributed by atoms with Gasteiger partial charge in [-0.25, -0.2) is 4.79 Å². The van der Waals surface area contributed by atoms with Crippen molar-refractivity contribution in [2.24, 2.45) is 11.8 Å². The second-order valence-corrected chi connectivity index (χ2v) is 7.13. The first kappa shape index (κ1) is 16.9. The van der Waals surface area contributed by atoms with Gasteiger partial charge in [0.25, 0.3) is 0 Å². The molecule has 0 fully saturated rings. The van der Waals surface area contributed by atoms with Gasteiger partial charge in [0.15, 0.2) is 0 Å². The lowest BCUT2D eigenvalue weighted by molar-refractivity contribution is 0.248. The highest BCUT2D eigenvalue weighted by molar-refractivity contribution is 7.15. The molecule has 1 atom stereocenters. The van der Waals surface area contributed by atoms with Crippen LogP contribution in [0.1, 0.15) is 52.5 Å². The monoisotopic (exact) mass is 298 g/mol. The Morgan fingerprint density at radius 3 is 2.40 bits per heavy atom. The zero-order valence-corrected chi connectivity index (χ0v) is 13.9. The van der Waals surface area contributed by atoms with E-state index in [1.54, 1.807) is 0 Å². The number of nitrogens with zero attached hydrogens (tertiary/aromatic N) is 2. The van der Waals surface area contributed by atoms with E-state index in [0.29, 0.717) is 17.0 Å². The van der Waals surface area contributed by atoms with E-state index in [9.17, 15) is 4.79 Å². The third-order valence-corrected chi connectivity index (χ3v) is 3.69. The van der Waals surface area contributed by atoms with Crippen molar-refractivity contribution in [3.05, 3.63) is 5.01 Å². The number of rotatable bonds is 7. The molecule has 1 heterocycles. The van der Waals surface area contributed by atoms with Crippen LogP contribution in [-0.2, 0) is 6.42 Å². The predicted molar refractivity (Wildman–Crippen MR) is 84.1 cm³/mol. The van der Waals surface area contributed by atoms with Crippen molar-refractivity contribution < 1.29 is 4.79 Å². The average molecular weight is 298 g/mol. The van der Waals surface area contributed by atoms with Crippen molar-refractivity contribution in [1.29, 1.82) is 0 Å². The molecule has 20 heavy (non-hydrogen) atoms. The van der Waals surface area contributed by atoms with E-state index in [4.69, 9.17) is 0 Å². The quantitative estimate of drug-likeness (QED) is 0.807. The minimum absolute atomic E-state index is 0.167. The van der Waals surface area contributed by atoms with E-state index in [1.807, 2.05) is 6.92 Å². The molecule has 0 aliphatic heterocycles. The molecule has 0 aromatic carbocycles. The molecule has 0 spiro atoms. The van der Waals surface area contributed by atoms with Crippen molar-refractivity contribution in [3.8, 4) is 0 Å². The number of carbonyl (C=O) groups is 1. The Labute approximate surface area is 125 Å². The molecule has 0 aliphatic carbocycles. The van der Waals surface area contributed by atoms with Crippen LogP contribution in [0.5, 0.6) is 0 Å². The van der Waals surface area contributed by atoms with Gasteiger partial charge in [-0.1, -0.05) is 39.0 Å².